The van der Waals surface area contributed by atoms with Crippen molar-refractivity contribution in [3.05, 3.63) is 40.7 Å². The number of rotatable bonds is 2. The van der Waals surface area contributed by atoms with Gasteiger partial charge in [0.1, 0.15) is 22.5 Å². The quantitative estimate of drug-likeness (QED) is 0.898. The maximum absolute atomic E-state index is 13.5. The van der Waals surface area contributed by atoms with Crippen LogP contribution in [0.4, 0.5) is 13.2 Å². The molecule has 0 bridgehead atoms. The van der Waals surface area contributed by atoms with Crippen LogP contribution in [0.2, 0.25) is 0 Å². The van der Waals surface area contributed by atoms with Crippen molar-refractivity contribution in [2.24, 2.45) is 5.73 Å². The molecule has 0 aliphatic heterocycles. The number of hydrogen-bond acceptors (Lipinski definition) is 3. The van der Waals surface area contributed by atoms with E-state index in [1.165, 1.54) is 0 Å². The highest BCUT2D eigenvalue weighted by molar-refractivity contribution is 7.13. The van der Waals surface area contributed by atoms with Crippen molar-refractivity contribution >= 4 is 11.3 Å². The van der Waals surface area contributed by atoms with E-state index in [0.717, 1.165) is 11.3 Å². The lowest BCUT2D eigenvalue weighted by molar-refractivity contribution is 0.548. The highest BCUT2D eigenvalue weighted by Crippen LogP contribution is 2.30. The Morgan fingerprint density at radius 3 is 2.29 bits per heavy atom. The van der Waals surface area contributed by atoms with E-state index in [9.17, 15) is 13.2 Å². The van der Waals surface area contributed by atoms with Crippen LogP contribution in [0, 0.1) is 17.5 Å². The predicted octanol–water partition coefficient (Wildman–Crippen LogP) is 3.25. The first-order valence-corrected chi connectivity index (χ1v) is 5.73. The van der Waals surface area contributed by atoms with Crippen LogP contribution in [-0.4, -0.2) is 4.98 Å². The lowest BCUT2D eigenvalue weighted by Crippen LogP contribution is -2.05. The summed E-state index contributed by atoms with van der Waals surface area (Å²) in [6, 6.07) is 0.947. The first-order chi connectivity index (χ1) is 7.99. The van der Waals surface area contributed by atoms with E-state index in [1.807, 2.05) is 0 Å². The van der Waals surface area contributed by atoms with Gasteiger partial charge in [0.15, 0.2) is 0 Å². The predicted molar refractivity (Wildman–Crippen MR) is 60.0 cm³/mol. The fraction of sp³-hybridized carbons (Fsp3) is 0.182. The zero-order valence-corrected chi connectivity index (χ0v) is 9.69. The van der Waals surface area contributed by atoms with Crippen LogP contribution in [-0.2, 0) is 0 Å². The molecule has 2 N–H and O–H groups in total. The van der Waals surface area contributed by atoms with Gasteiger partial charge in [-0.1, -0.05) is 0 Å². The molecule has 6 heteroatoms. The molecule has 90 valence electrons. The third-order valence-electron chi connectivity index (χ3n) is 2.21. The SMILES string of the molecule is CC(N)c1csc(-c2c(F)cc(F)cc2F)n1. The van der Waals surface area contributed by atoms with Crippen LogP contribution in [0.1, 0.15) is 18.7 Å². The van der Waals surface area contributed by atoms with E-state index < -0.39 is 17.5 Å². The lowest BCUT2D eigenvalue weighted by atomic mass is 10.2. The minimum Gasteiger partial charge on any atom is -0.323 e. The molecule has 0 saturated heterocycles. The van der Waals surface area contributed by atoms with Crippen molar-refractivity contribution in [3.8, 4) is 10.6 Å². The highest BCUT2D eigenvalue weighted by atomic mass is 32.1. The molecule has 17 heavy (non-hydrogen) atoms. The monoisotopic (exact) mass is 258 g/mol. The molecule has 2 nitrogen and oxygen atoms in total. The molecule has 1 aromatic carbocycles. The van der Waals surface area contributed by atoms with Crippen LogP contribution < -0.4 is 5.73 Å². The molecule has 2 aromatic rings. The van der Waals surface area contributed by atoms with Crippen molar-refractivity contribution in [3.63, 3.8) is 0 Å². The summed E-state index contributed by atoms with van der Waals surface area (Å²) in [4.78, 5) is 4.02. The summed E-state index contributed by atoms with van der Waals surface area (Å²) in [6.07, 6.45) is 0. The second-order valence-corrected chi connectivity index (χ2v) is 4.47. The molecule has 0 amide bonds. The maximum Gasteiger partial charge on any atom is 0.139 e. The van der Waals surface area contributed by atoms with Crippen LogP contribution in [0.25, 0.3) is 10.6 Å². The van der Waals surface area contributed by atoms with E-state index in [4.69, 9.17) is 5.73 Å². The van der Waals surface area contributed by atoms with Gasteiger partial charge in [0.2, 0.25) is 0 Å². The molecular weight excluding hydrogens is 249 g/mol. The highest BCUT2D eigenvalue weighted by Gasteiger charge is 2.17. The Morgan fingerprint density at radius 2 is 1.82 bits per heavy atom. The first-order valence-electron chi connectivity index (χ1n) is 4.85. The van der Waals surface area contributed by atoms with Crippen molar-refractivity contribution in [1.29, 1.82) is 0 Å². The van der Waals surface area contributed by atoms with Crippen molar-refractivity contribution in [2.75, 3.05) is 0 Å². The standard InChI is InChI=1S/C11H9F3N2S/c1-5(15)9-4-17-11(16-9)10-7(13)2-6(12)3-8(10)14/h2-5H,15H2,1H3. The van der Waals surface area contributed by atoms with E-state index in [1.54, 1.807) is 12.3 Å². The second-order valence-electron chi connectivity index (χ2n) is 3.61. The lowest BCUT2D eigenvalue weighted by Gasteiger charge is -2.02. The number of benzene rings is 1. The number of nitrogens with two attached hydrogens (primary N) is 1. The molecule has 1 aromatic heterocycles. The van der Waals surface area contributed by atoms with E-state index in [-0.39, 0.29) is 16.6 Å². The summed E-state index contributed by atoms with van der Waals surface area (Å²) in [7, 11) is 0. The van der Waals surface area contributed by atoms with Crippen molar-refractivity contribution in [2.45, 2.75) is 13.0 Å². The van der Waals surface area contributed by atoms with Gasteiger partial charge in [-0.25, -0.2) is 18.2 Å². The Hall–Kier alpha value is -1.40. The molecule has 0 radical (unpaired) electrons. The van der Waals surface area contributed by atoms with E-state index in [0.29, 0.717) is 17.8 Å². The summed E-state index contributed by atoms with van der Waals surface area (Å²) in [5.41, 5.74) is 5.83. The molecule has 0 saturated carbocycles. The molecular formula is C11H9F3N2S. The van der Waals surface area contributed by atoms with Gasteiger partial charge in [0.05, 0.1) is 11.3 Å². The van der Waals surface area contributed by atoms with Gasteiger partial charge in [-0.2, -0.15) is 0 Å². The van der Waals surface area contributed by atoms with Gasteiger partial charge in [-0.05, 0) is 6.92 Å². The Morgan fingerprint density at radius 1 is 1.24 bits per heavy atom. The molecule has 0 fully saturated rings. The Kier molecular flexibility index (Phi) is 3.17. The average molecular weight is 258 g/mol. The fourth-order valence-electron chi connectivity index (χ4n) is 1.36. The van der Waals surface area contributed by atoms with Gasteiger partial charge >= 0.3 is 0 Å². The third kappa shape index (κ3) is 2.32. The maximum atomic E-state index is 13.5. The number of halogens is 3. The van der Waals surface area contributed by atoms with Crippen LogP contribution >= 0.6 is 11.3 Å². The van der Waals surface area contributed by atoms with E-state index >= 15 is 0 Å². The molecule has 1 atom stereocenters. The number of nitrogens with zero attached hydrogens (tertiary/aromatic N) is 1. The average Bonchev–Trinajstić information content (AvgIpc) is 2.65. The summed E-state index contributed by atoms with van der Waals surface area (Å²) in [5.74, 6) is -2.88. The fourth-order valence-corrected chi connectivity index (χ4v) is 2.33. The van der Waals surface area contributed by atoms with Crippen LogP contribution in [0.5, 0.6) is 0 Å². The summed E-state index contributed by atoms with van der Waals surface area (Å²) < 4.78 is 39.7. The summed E-state index contributed by atoms with van der Waals surface area (Å²) >= 11 is 1.07. The number of aromatic nitrogens is 1. The van der Waals surface area contributed by atoms with Gasteiger partial charge in [0, 0.05) is 23.6 Å². The third-order valence-corrected chi connectivity index (χ3v) is 3.09. The molecule has 0 aliphatic carbocycles. The van der Waals surface area contributed by atoms with Gasteiger partial charge < -0.3 is 5.73 Å². The minimum atomic E-state index is -0.965. The van der Waals surface area contributed by atoms with Gasteiger partial charge in [-0.15, -0.1) is 11.3 Å². The van der Waals surface area contributed by atoms with Gasteiger partial charge in [0.25, 0.3) is 0 Å². The van der Waals surface area contributed by atoms with Crippen LogP contribution in [0.3, 0.4) is 0 Å². The topological polar surface area (TPSA) is 38.9 Å². The summed E-state index contributed by atoms with van der Waals surface area (Å²) in [6.45, 7) is 1.72. The molecule has 0 aliphatic rings. The van der Waals surface area contributed by atoms with Crippen LogP contribution in [0.15, 0.2) is 17.5 Å². The largest absolute Gasteiger partial charge is 0.323 e. The molecule has 2 rings (SSSR count). The minimum absolute atomic E-state index is 0.160. The molecule has 0 spiro atoms. The Labute approximate surface area is 99.9 Å². The number of thiazole rings is 1. The van der Waals surface area contributed by atoms with Gasteiger partial charge in [-0.3, -0.25) is 0 Å². The zero-order valence-electron chi connectivity index (χ0n) is 8.88. The number of hydrogen-bond donors (Lipinski definition) is 1. The second kappa shape index (κ2) is 4.46. The molecule has 1 unspecified atom stereocenters. The molecule has 1 heterocycles. The normalized spacial score (nSPS) is 12.8. The Balaban J connectivity index is 2.52. The first kappa shape index (κ1) is 12.1. The smallest absolute Gasteiger partial charge is 0.139 e. The Bertz CT molecular complexity index is 528. The zero-order chi connectivity index (χ0) is 12.6. The van der Waals surface area contributed by atoms with E-state index in [2.05, 4.69) is 4.98 Å². The van der Waals surface area contributed by atoms with Crippen molar-refractivity contribution < 1.29 is 13.2 Å². The van der Waals surface area contributed by atoms with Crippen molar-refractivity contribution in [1.82, 2.24) is 4.98 Å². The summed E-state index contributed by atoms with van der Waals surface area (Å²) in [5, 5.41) is 1.79.